The van der Waals surface area contributed by atoms with Crippen LogP contribution in [0.15, 0.2) is 99.6 Å². The molecule has 0 bridgehead atoms. The fraction of sp³-hybridized carbons (Fsp3) is 0.174. The van der Waals surface area contributed by atoms with E-state index in [9.17, 15) is 9.90 Å². The summed E-state index contributed by atoms with van der Waals surface area (Å²) in [7, 11) is -0.169. The van der Waals surface area contributed by atoms with Crippen LogP contribution in [0.25, 0.3) is 0 Å². The summed E-state index contributed by atoms with van der Waals surface area (Å²) in [5, 5.41) is 10.6. The average Bonchev–Trinajstić information content (AvgIpc) is 2.68. The van der Waals surface area contributed by atoms with E-state index in [1.54, 1.807) is 0 Å². The van der Waals surface area contributed by atoms with E-state index in [0.29, 0.717) is 6.42 Å². The van der Waals surface area contributed by atoms with Crippen LogP contribution in [0.1, 0.15) is 24.8 Å². The summed E-state index contributed by atoms with van der Waals surface area (Å²) in [5.41, 5.74) is 1.29. The highest BCUT2D eigenvalue weighted by Crippen LogP contribution is 2.33. The maximum atomic E-state index is 10.6. The molecule has 0 heterocycles. The Morgan fingerprint density at radius 2 is 1.27 bits per heavy atom. The SMILES string of the molecule is O=C([O-])CCCCc1ccccc1[S+](c1ccccc1)c1ccccc1. The molecule has 0 fully saturated rings. The second-order valence-electron chi connectivity index (χ2n) is 6.12. The van der Waals surface area contributed by atoms with Crippen LogP contribution in [0, 0.1) is 0 Å². The number of aryl methyl sites for hydroxylation is 1. The first kappa shape index (κ1) is 18.3. The molecule has 0 aromatic heterocycles. The number of benzene rings is 3. The molecule has 0 aliphatic heterocycles. The highest BCUT2D eigenvalue weighted by molar-refractivity contribution is 7.97. The van der Waals surface area contributed by atoms with Crippen molar-refractivity contribution < 1.29 is 9.90 Å². The van der Waals surface area contributed by atoms with Gasteiger partial charge < -0.3 is 9.90 Å². The molecular weight excluding hydrogens is 340 g/mol. The van der Waals surface area contributed by atoms with E-state index in [-0.39, 0.29) is 17.3 Å². The van der Waals surface area contributed by atoms with E-state index in [1.165, 1.54) is 20.2 Å². The predicted octanol–water partition coefficient (Wildman–Crippen LogP) is 4.24. The van der Waals surface area contributed by atoms with Crippen LogP contribution in [0.4, 0.5) is 0 Å². The molecule has 0 saturated carbocycles. The van der Waals surface area contributed by atoms with E-state index in [1.807, 2.05) is 12.1 Å². The minimum atomic E-state index is -0.966. The lowest BCUT2D eigenvalue weighted by Gasteiger charge is -2.12. The minimum absolute atomic E-state index is 0.130. The first-order valence-corrected chi connectivity index (χ1v) is 10.1. The summed E-state index contributed by atoms with van der Waals surface area (Å²) in [6.07, 6.45) is 2.52. The van der Waals surface area contributed by atoms with Gasteiger partial charge >= 0.3 is 0 Å². The van der Waals surface area contributed by atoms with E-state index < -0.39 is 5.97 Å². The molecule has 0 saturated heterocycles. The molecule has 0 atom stereocenters. The van der Waals surface area contributed by atoms with E-state index in [0.717, 1.165) is 12.8 Å². The molecule has 0 radical (unpaired) electrons. The second-order valence-corrected chi connectivity index (χ2v) is 8.11. The Kier molecular flexibility index (Phi) is 6.50. The van der Waals surface area contributed by atoms with Crippen molar-refractivity contribution in [3.8, 4) is 0 Å². The van der Waals surface area contributed by atoms with Crippen molar-refractivity contribution in [3.05, 3.63) is 90.5 Å². The van der Waals surface area contributed by atoms with Crippen molar-refractivity contribution in [1.82, 2.24) is 0 Å². The number of unbranched alkanes of at least 4 members (excludes halogenated alkanes) is 1. The van der Waals surface area contributed by atoms with Gasteiger partial charge in [0.2, 0.25) is 0 Å². The molecule has 0 aliphatic rings. The van der Waals surface area contributed by atoms with Gasteiger partial charge in [0.25, 0.3) is 0 Å². The van der Waals surface area contributed by atoms with Crippen molar-refractivity contribution in [2.24, 2.45) is 0 Å². The Bertz CT molecular complexity index is 792. The van der Waals surface area contributed by atoms with Crippen LogP contribution in [0.2, 0.25) is 0 Å². The Labute approximate surface area is 157 Å². The summed E-state index contributed by atoms with van der Waals surface area (Å²) in [4.78, 5) is 14.5. The number of carbonyl (C=O) groups is 1. The Hall–Kier alpha value is -2.52. The maximum absolute atomic E-state index is 10.6. The van der Waals surface area contributed by atoms with E-state index >= 15 is 0 Å². The zero-order valence-electron chi connectivity index (χ0n) is 14.6. The molecule has 2 nitrogen and oxygen atoms in total. The molecule has 3 aromatic rings. The molecule has 0 aliphatic carbocycles. The maximum Gasteiger partial charge on any atom is 0.169 e. The Morgan fingerprint density at radius 1 is 0.731 bits per heavy atom. The lowest BCUT2D eigenvalue weighted by molar-refractivity contribution is -0.305. The van der Waals surface area contributed by atoms with E-state index in [2.05, 4.69) is 72.8 Å². The van der Waals surface area contributed by atoms with Crippen LogP contribution in [0.3, 0.4) is 0 Å². The van der Waals surface area contributed by atoms with Gasteiger partial charge in [-0.15, -0.1) is 0 Å². The smallest absolute Gasteiger partial charge is 0.169 e. The predicted molar refractivity (Wildman–Crippen MR) is 104 cm³/mol. The van der Waals surface area contributed by atoms with Crippen LogP contribution in [-0.4, -0.2) is 5.97 Å². The summed E-state index contributed by atoms with van der Waals surface area (Å²) in [6, 6.07) is 29.7. The molecule has 0 amide bonds. The van der Waals surface area contributed by atoms with Gasteiger partial charge in [0.15, 0.2) is 14.7 Å². The highest BCUT2D eigenvalue weighted by Gasteiger charge is 2.30. The summed E-state index contributed by atoms with van der Waals surface area (Å²) >= 11 is 0. The molecule has 3 aromatic carbocycles. The molecule has 0 N–H and O–H groups in total. The van der Waals surface area contributed by atoms with Crippen molar-refractivity contribution >= 4 is 16.9 Å². The molecule has 3 heteroatoms. The summed E-state index contributed by atoms with van der Waals surface area (Å²) in [6.45, 7) is 0. The standard InChI is InChI=1S/C23H22O2S/c24-23(25)18-10-8-12-19-11-7-9-17-22(19)26(20-13-3-1-4-14-20)21-15-5-2-6-16-21/h1-7,9,11,13-17H,8,10,12,18H2. The van der Waals surface area contributed by atoms with Crippen molar-refractivity contribution in [1.29, 1.82) is 0 Å². The Morgan fingerprint density at radius 3 is 1.85 bits per heavy atom. The summed E-state index contributed by atoms with van der Waals surface area (Å²) < 4.78 is 0. The van der Waals surface area contributed by atoms with Crippen molar-refractivity contribution in [2.75, 3.05) is 0 Å². The number of rotatable bonds is 8. The zero-order chi connectivity index (χ0) is 18.2. The number of hydrogen-bond acceptors (Lipinski definition) is 2. The largest absolute Gasteiger partial charge is 0.550 e. The van der Waals surface area contributed by atoms with Crippen LogP contribution in [-0.2, 0) is 22.1 Å². The van der Waals surface area contributed by atoms with E-state index in [4.69, 9.17) is 0 Å². The van der Waals surface area contributed by atoms with Crippen molar-refractivity contribution in [2.45, 2.75) is 40.4 Å². The van der Waals surface area contributed by atoms with Gasteiger partial charge in [-0.2, -0.15) is 0 Å². The quantitative estimate of drug-likeness (QED) is 0.444. The molecular formula is C23H22O2S. The number of aliphatic carboxylic acids is 1. The fourth-order valence-electron chi connectivity index (χ4n) is 3.00. The molecule has 0 unspecified atom stereocenters. The van der Waals surface area contributed by atoms with Gasteiger partial charge in [-0.05, 0) is 56.0 Å². The Balaban J connectivity index is 1.93. The number of carbonyl (C=O) groups excluding carboxylic acids is 1. The average molecular weight is 362 g/mol. The van der Waals surface area contributed by atoms with Crippen molar-refractivity contribution in [3.63, 3.8) is 0 Å². The molecule has 26 heavy (non-hydrogen) atoms. The topological polar surface area (TPSA) is 40.1 Å². The molecule has 0 spiro atoms. The first-order chi connectivity index (χ1) is 12.8. The zero-order valence-corrected chi connectivity index (χ0v) is 15.5. The van der Waals surface area contributed by atoms with Gasteiger partial charge in [0, 0.05) is 11.5 Å². The third kappa shape index (κ3) is 4.77. The molecule has 3 rings (SSSR count). The minimum Gasteiger partial charge on any atom is -0.550 e. The second kappa shape index (κ2) is 9.25. The third-order valence-electron chi connectivity index (χ3n) is 4.23. The number of carboxylic acids is 1. The van der Waals surface area contributed by atoms with Crippen LogP contribution < -0.4 is 5.11 Å². The van der Waals surface area contributed by atoms with Gasteiger partial charge in [-0.25, -0.2) is 0 Å². The number of carboxylic acid groups (broad SMARTS) is 1. The fourth-order valence-corrected chi connectivity index (χ4v) is 5.28. The number of hydrogen-bond donors (Lipinski definition) is 0. The lowest BCUT2D eigenvalue weighted by Crippen LogP contribution is -2.21. The van der Waals surface area contributed by atoms with Gasteiger partial charge in [-0.1, -0.05) is 54.6 Å². The first-order valence-electron chi connectivity index (χ1n) is 8.88. The van der Waals surface area contributed by atoms with Gasteiger partial charge in [0.1, 0.15) is 0 Å². The third-order valence-corrected chi connectivity index (χ3v) is 6.55. The monoisotopic (exact) mass is 362 g/mol. The van der Waals surface area contributed by atoms with Gasteiger partial charge in [0.05, 0.1) is 10.9 Å². The molecule has 132 valence electrons. The van der Waals surface area contributed by atoms with Crippen LogP contribution in [0.5, 0.6) is 0 Å². The lowest BCUT2D eigenvalue weighted by atomic mass is 10.1. The normalized spacial score (nSPS) is 10.8. The summed E-state index contributed by atoms with van der Waals surface area (Å²) in [5.74, 6) is -0.966. The highest BCUT2D eigenvalue weighted by atomic mass is 32.2. The van der Waals surface area contributed by atoms with Crippen LogP contribution >= 0.6 is 0 Å². The van der Waals surface area contributed by atoms with Gasteiger partial charge in [-0.3, -0.25) is 0 Å².